The van der Waals surface area contributed by atoms with E-state index in [0.29, 0.717) is 5.76 Å². The van der Waals surface area contributed by atoms with Gasteiger partial charge in [-0.1, -0.05) is 19.6 Å². The molecule has 0 aromatic heterocycles. The molecule has 1 unspecified atom stereocenters. The van der Waals surface area contributed by atoms with Crippen LogP contribution in [0.25, 0.3) is 0 Å². The van der Waals surface area contributed by atoms with E-state index in [1.807, 2.05) is 19.1 Å². The summed E-state index contributed by atoms with van der Waals surface area (Å²) in [5.74, 6) is 1.58. The summed E-state index contributed by atoms with van der Waals surface area (Å²) in [5, 5.41) is 0. The minimum atomic E-state index is 0.146. The van der Waals surface area contributed by atoms with Crippen molar-refractivity contribution >= 4 is 5.69 Å². The summed E-state index contributed by atoms with van der Waals surface area (Å²) in [4.78, 5) is 0. The normalized spacial score (nSPS) is 11.8. The molecule has 1 aromatic rings. The van der Waals surface area contributed by atoms with Crippen LogP contribution in [0, 0.1) is 5.92 Å². The Balaban J connectivity index is 2.65. The lowest BCUT2D eigenvalue weighted by Crippen LogP contribution is -2.01. The maximum Gasteiger partial charge on any atom is 0.127 e. The summed E-state index contributed by atoms with van der Waals surface area (Å²) in [7, 11) is 0. The van der Waals surface area contributed by atoms with E-state index in [4.69, 9.17) is 10.5 Å². The second kappa shape index (κ2) is 4.51. The molecule has 2 heteroatoms. The largest absolute Gasteiger partial charge is 0.462 e. The predicted molar refractivity (Wildman–Crippen MR) is 60.0 cm³/mol. The van der Waals surface area contributed by atoms with Gasteiger partial charge in [0.05, 0.1) is 0 Å². The molecule has 0 spiro atoms. The van der Waals surface area contributed by atoms with Crippen LogP contribution in [-0.2, 0) is 0 Å². The Hall–Kier alpha value is -1.70. The van der Waals surface area contributed by atoms with E-state index in [9.17, 15) is 0 Å². The molecule has 0 aliphatic carbocycles. The van der Waals surface area contributed by atoms with Crippen LogP contribution in [0.4, 0.5) is 5.69 Å². The van der Waals surface area contributed by atoms with Crippen molar-refractivity contribution < 1.29 is 4.74 Å². The van der Waals surface area contributed by atoms with E-state index in [1.165, 1.54) is 0 Å². The topological polar surface area (TPSA) is 35.2 Å². The molecule has 0 saturated heterocycles. The highest BCUT2D eigenvalue weighted by atomic mass is 16.5. The molecule has 1 aromatic carbocycles. The highest BCUT2D eigenvalue weighted by Crippen LogP contribution is 2.19. The zero-order valence-corrected chi connectivity index (χ0v) is 8.36. The van der Waals surface area contributed by atoms with Crippen LogP contribution in [0.1, 0.15) is 6.92 Å². The second-order valence-electron chi connectivity index (χ2n) is 3.16. The number of ether oxygens (including phenoxy) is 1. The van der Waals surface area contributed by atoms with Crippen molar-refractivity contribution in [1.29, 1.82) is 0 Å². The third-order valence-electron chi connectivity index (χ3n) is 1.99. The zero-order valence-electron chi connectivity index (χ0n) is 8.36. The second-order valence-corrected chi connectivity index (χ2v) is 3.16. The summed E-state index contributed by atoms with van der Waals surface area (Å²) in [6, 6.07) is 7.22. The van der Waals surface area contributed by atoms with Gasteiger partial charge in [-0.15, -0.1) is 6.58 Å². The molecule has 2 nitrogen and oxygen atoms in total. The van der Waals surface area contributed by atoms with Gasteiger partial charge in [0.2, 0.25) is 0 Å². The fourth-order valence-corrected chi connectivity index (χ4v) is 0.912. The van der Waals surface area contributed by atoms with Crippen LogP contribution in [0.5, 0.6) is 5.75 Å². The third-order valence-corrected chi connectivity index (χ3v) is 1.99. The van der Waals surface area contributed by atoms with Crippen molar-refractivity contribution in [2.24, 2.45) is 5.92 Å². The van der Waals surface area contributed by atoms with Gasteiger partial charge in [0, 0.05) is 11.6 Å². The summed E-state index contributed by atoms with van der Waals surface area (Å²) in [6.07, 6.45) is 1.79. The number of anilines is 1. The Morgan fingerprint density at radius 1 is 1.43 bits per heavy atom. The molecule has 0 radical (unpaired) electrons. The van der Waals surface area contributed by atoms with Gasteiger partial charge in [0.1, 0.15) is 11.5 Å². The van der Waals surface area contributed by atoms with Gasteiger partial charge in [-0.05, 0) is 24.3 Å². The van der Waals surface area contributed by atoms with Crippen LogP contribution in [0.2, 0.25) is 0 Å². The van der Waals surface area contributed by atoms with Crippen LogP contribution in [0.15, 0.2) is 49.3 Å². The number of nitrogens with two attached hydrogens (primary N) is 1. The van der Waals surface area contributed by atoms with Gasteiger partial charge in [-0.25, -0.2) is 0 Å². The summed E-state index contributed by atoms with van der Waals surface area (Å²) in [6.45, 7) is 9.47. The molecule has 0 fully saturated rings. The standard InChI is InChI=1S/C12H15NO/c1-4-9(2)10(3)14-12-7-5-11(13)6-8-12/h4-9H,1,3,13H2,2H3. The smallest absolute Gasteiger partial charge is 0.127 e. The first kappa shape index (κ1) is 10.4. The highest BCUT2D eigenvalue weighted by molar-refractivity contribution is 5.42. The molecular weight excluding hydrogens is 174 g/mol. The molecule has 0 aliphatic rings. The average Bonchev–Trinajstić information content (AvgIpc) is 2.20. The minimum absolute atomic E-state index is 0.146. The lowest BCUT2D eigenvalue weighted by Gasteiger charge is -2.12. The van der Waals surface area contributed by atoms with Crippen LogP contribution >= 0.6 is 0 Å². The molecule has 0 bridgehead atoms. The quantitative estimate of drug-likeness (QED) is 0.449. The van der Waals surface area contributed by atoms with Crippen molar-refractivity contribution in [2.75, 3.05) is 5.73 Å². The van der Waals surface area contributed by atoms with Crippen molar-refractivity contribution in [3.63, 3.8) is 0 Å². The number of hydrogen-bond donors (Lipinski definition) is 1. The van der Waals surface area contributed by atoms with E-state index >= 15 is 0 Å². The number of rotatable bonds is 4. The number of benzene rings is 1. The molecule has 0 saturated carbocycles. The van der Waals surface area contributed by atoms with Crippen LogP contribution < -0.4 is 10.5 Å². The minimum Gasteiger partial charge on any atom is -0.462 e. The fourth-order valence-electron chi connectivity index (χ4n) is 0.912. The fraction of sp³-hybridized carbons (Fsp3) is 0.167. The molecule has 74 valence electrons. The van der Waals surface area contributed by atoms with Crippen molar-refractivity contribution in [3.05, 3.63) is 49.3 Å². The monoisotopic (exact) mass is 189 g/mol. The Morgan fingerprint density at radius 3 is 2.50 bits per heavy atom. The number of allylic oxidation sites excluding steroid dienone is 1. The van der Waals surface area contributed by atoms with Gasteiger partial charge < -0.3 is 10.5 Å². The number of hydrogen-bond acceptors (Lipinski definition) is 2. The lowest BCUT2D eigenvalue weighted by molar-refractivity contribution is 0.385. The summed E-state index contributed by atoms with van der Waals surface area (Å²) >= 11 is 0. The van der Waals surface area contributed by atoms with E-state index in [-0.39, 0.29) is 5.92 Å². The number of nitrogen functional groups attached to an aromatic ring is 1. The first-order chi connectivity index (χ1) is 6.63. The summed E-state index contributed by atoms with van der Waals surface area (Å²) < 4.78 is 5.50. The molecule has 1 rings (SSSR count). The maximum atomic E-state index is 5.55. The van der Waals surface area contributed by atoms with Crippen molar-refractivity contribution in [2.45, 2.75) is 6.92 Å². The molecule has 0 aliphatic heterocycles. The molecule has 0 heterocycles. The average molecular weight is 189 g/mol. The van der Waals surface area contributed by atoms with Crippen molar-refractivity contribution in [1.82, 2.24) is 0 Å². The van der Waals surface area contributed by atoms with E-state index in [2.05, 4.69) is 13.2 Å². The SMILES string of the molecule is C=CC(C)C(=C)Oc1ccc(N)cc1. The molecule has 1 atom stereocenters. The molecule has 2 N–H and O–H groups in total. The van der Waals surface area contributed by atoms with Gasteiger partial charge in [0.25, 0.3) is 0 Å². The van der Waals surface area contributed by atoms with Crippen molar-refractivity contribution in [3.8, 4) is 5.75 Å². The maximum absolute atomic E-state index is 5.55. The first-order valence-corrected chi connectivity index (χ1v) is 4.48. The molecular formula is C12H15NO. The van der Waals surface area contributed by atoms with E-state index in [0.717, 1.165) is 11.4 Å². The Morgan fingerprint density at radius 2 is 2.00 bits per heavy atom. The van der Waals surface area contributed by atoms with E-state index < -0.39 is 0 Å². The Kier molecular flexibility index (Phi) is 3.35. The van der Waals surface area contributed by atoms with Gasteiger partial charge in [-0.3, -0.25) is 0 Å². The van der Waals surface area contributed by atoms with E-state index in [1.54, 1.807) is 18.2 Å². The third kappa shape index (κ3) is 2.66. The first-order valence-electron chi connectivity index (χ1n) is 4.48. The van der Waals surface area contributed by atoms with Gasteiger partial charge in [-0.2, -0.15) is 0 Å². The summed E-state index contributed by atoms with van der Waals surface area (Å²) in [5.41, 5.74) is 6.27. The Bertz CT molecular complexity index is 327. The highest BCUT2D eigenvalue weighted by Gasteiger charge is 2.03. The lowest BCUT2D eigenvalue weighted by atomic mass is 10.1. The van der Waals surface area contributed by atoms with Crippen LogP contribution in [-0.4, -0.2) is 0 Å². The van der Waals surface area contributed by atoms with Gasteiger partial charge >= 0.3 is 0 Å². The van der Waals surface area contributed by atoms with Crippen LogP contribution in [0.3, 0.4) is 0 Å². The predicted octanol–water partition coefficient (Wildman–Crippen LogP) is 2.98. The Labute approximate surface area is 84.7 Å². The zero-order chi connectivity index (χ0) is 10.6. The van der Waals surface area contributed by atoms with Gasteiger partial charge in [0.15, 0.2) is 0 Å². The molecule has 0 amide bonds. The molecule has 14 heavy (non-hydrogen) atoms.